The van der Waals surface area contributed by atoms with E-state index in [2.05, 4.69) is 89.3 Å². The van der Waals surface area contributed by atoms with Crippen LogP contribution >= 0.6 is 0 Å². The van der Waals surface area contributed by atoms with Crippen molar-refractivity contribution >= 4 is 17.2 Å². The summed E-state index contributed by atoms with van der Waals surface area (Å²) < 4.78 is 19.9. The Morgan fingerprint density at radius 2 is 1.74 bits per heavy atom. The van der Waals surface area contributed by atoms with Crippen LogP contribution in [0.2, 0.25) is 0 Å². The lowest BCUT2D eigenvalue weighted by atomic mass is 10.0. The summed E-state index contributed by atoms with van der Waals surface area (Å²) >= 11 is 0. The van der Waals surface area contributed by atoms with Crippen molar-refractivity contribution < 1.29 is 19.0 Å². The van der Waals surface area contributed by atoms with Gasteiger partial charge in [-0.05, 0) is 82.2 Å². The maximum Gasteiger partial charge on any atom is 0.514 e. The third-order valence-corrected chi connectivity index (χ3v) is 9.37. The van der Waals surface area contributed by atoms with Gasteiger partial charge in [0.2, 0.25) is 0 Å². The van der Waals surface area contributed by atoms with Gasteiger partial charge in [-0.2, -0.15) is 0 Å². The van der Waals surface area contributed by atoms with Gasteiger partial charge in [-0.3, -0.25) is 10.2 Å². The van der Waals surface area contributed by atoms with E-state index in [9.17, 15) is 4.79 Å². The molecule has 264 valence electrons. The van der Waals surface area contributed by atoms with Crippen LogP contribution in [0.1, 0.15) is 76.8 Å². The molecule has 2 atom stereocenters. The molecule has 1 aliphatic carbocycles. The number of para-hydroxylation sites is 1. The summed E-state index contributed by atoms with van der Waals surface area (Å²) in [5, 5.41) is 3.60. The number of imidazole rings is 1. The van der Waals surface area contributed by atoms with Crippen molar-refractivity contribution in [1.82, 2.24) is 19.8 Å². The number of carbonyl (C=O) groups excluding carboxylic acids is 1. The lowest BCUT2D eigenvalue weighted by Crippen LogP contribution is -2.34. The number of hydrogen-bond donors (Lipinski definition) is 1. The van der Waals surface area contributed by atoms with E-state index in [1.165, 1.54) is 0 Å². The van der Waals surface area contributed by atoms with Gasteiger partial charge in [0.25, 0.3) is 0 Å². The first-order valence-corrected chi connectivity index (χ1v) is 18.2. The molecule has 1 saturated heterocycles. The van der Waals surface area contributed by atoms with E-state index in [1.807, 2.05) is 39.0 Å². The maximum atomic E-state index is 12.4. The molecular formula is C42H52N4O4. The predicted molar refractivity (Wildman–Crippen MR) is 201 cm³/mol. The van der Waals surface area contributed by atoms with Crippen molar-refractivity contribution in [1.29, 1.82) is 0 Å². The molecule has 0 saturated carbocycles. The van der Waals surface area contributed by atoms with Crippen LogP contribution in [0, 0.1) is 6.92 Å². The summed E-state index contributed by atoms with van der Waals surface area (Å²) in [6, 6.07) is 21.2. The number of nitrogens with zero attached hydrogens (tertiary/aromatic N) is 3. The van der Waals surface area contributed by atoms with Crippen molar-refractivity contribution in [3.05, 3.63) is 102 Å². The van der Waals surface area contributed by atoms with Gasteiger partial charge in [0.05, 0.1) is 12.1 Å². The van der Waals surface area contributed by atoms with Crippen molar-refractivity contribution in [2.24, 2.45) is 0 Å². The van der Waals surface area contributed by atoms with Gasteiger partial charge in [0.1, 0.15) is 28.4 Å². The number of hydrogen-bond acceptors (Lipinski definition) is 7. The zero-order chi connectivity index (χ0) is 35.1. The fourth-order valence-corrected chi connectivity index (χ4v) is 6.79. The molecule has 0 amide bonds. The number of benzene rings is 3. The Morgan fingerprint density at radius 3 is 2.54 bits per heavy atom. The van der Waals surface area contributed by atoms with Crippen molar-refractivity contribution in [2.45, 2.75) is 97.4 Å². The van der Waals surface area contributed by atoms with Gasteiger partial charge in [-0.25, -0.2) is 9.78 Å². The van der Waals surface area contributed by atoms with Gasteiger partial charge < -0.3 is 18.8 Å². The van der Waals surface area contributed by atoms with Crippen molar-refractivity contribution in [2.75, 3.05) is 19.8 Å². The number of unbranched alkanes of at least 4 members (excludes halogenated alkanes) is 3. The number of fused-ring (bicyclic) bond motifs is 2. The van der Waals surface area contributed by atoms with E-state index in [0.29, 0.717) is 31.0 Å². The molecule has 2 unspecified atom stereocenters. The van der Waals surface area contributed by atoms with Crippen molar-refractivity contribution in [3.8, 4) is 22.6 Å². The highest BCUT2D eigenvalue weighted by atomic mass is 16.7. The van der Waals surface area contributed by atoms with Crippen LogP contribution in [0.15, 0.2) is 85.0 Å². The maximum absolute atomic E-state index is 12.4. The Morgan fingerprint density at radius 1 is 0.940 bits per heavy atom. The van der Waals surface area contributed by atoms with Crippen LogP contribution in [0.25, 0.3) is 22.2 Å². The van der Waals surface area contributed by atoms with Crippen molar-refractivity contribution in [3.63, 3.8) is 0 Å². The number of carbonyl (C=O) groups is 1. The quantitative estimate of drug-likeness (QED) is 0.0812. The van der Waals surface area contributed by atoms with Gasteiger partial charge in [-0.15, -0.1) is 0 Å². The zero-order valence-electron chi connectivity index (χ0n) is 30.3. The second-order valence-corrected chi connectivity index (χ2v) is 14.4. The average Bonchev–Trinajstić information content (AvgIpc) is 3.68. The molecule has 4 aromatic rings. The Kier molecular flexibility index (Phi) is 11.4. The lowest BCUT2D eigenvalue weighted by Gasteiger charge is -2.24. The first kappa shape index (κ1) is 35.4. The van der Waals surface area contributed by atoms with Gasteiger partial charge in [0.15, 0.2) is 0 Å². The molecule has 0 spiro atoms. The molecule has 1 N–H and O–H groups in total. The third-order valence-electron chi connectivity index (χ3n) is 9.37. The molecule has 8 nitrogen and oxygen atoms in total. The van der Waals surface area contributed by atoms with Crippen LogP contribution in [-0.4, -0.2) is 58.1 Å². The number of rotatable bonds is 14. The summed E-state index contributed by atoms with van der Waals surface area (Å²) in [5.41, 5.74) is 5.56. The monoisotopic (exact) mass is 676 g/mol. The fraction of sp³-hybridized carbons (Fsp3) is 0.429. The zero-order valence-corrected chi connectivity index (χ0v) is 30.3. The normalized spacial score (nSPS) is 17.3. The smallest absolute Gasteiger partial charge is 0.491 e. The van der Waals surface area contributed by atoms with Gasteiger partial charge >= 0.3 is 6.16 Å². The van der Waals surface area contributed by atoms with E-state index < -0.39 is 11.8 Å². The Labute approximate surface area is 297 Å². The molecule has 6 rings (SSSR count). The number of nitrogens with one attached hydrogen (secondary N) is 1. The number of aromatic nitrogens is 2. The van der Waals surface area contributed by atoms with Crippen LogP contribution in [0.4, 0.5) is 4.79 Å². The number of ether oxygens (including phenoxy) is 3. The topological polar surface area (TPSA) is 77.9 Å². The fourth-order valence-electron chi connectivity index (χ4n) is 6.79. The molecular weight excluding hydrogens is 624 g/mol. The minimum Gasteiger partial charge on any atom is -0.491 e. The highest BCUT2D eigenvalue weighted by molar-refractivity contribution is 5.86. The van der Waals surface area contributed by atoms with Crippen LogP contribution < -0.4 is 14.8 Å². The van der Waals surface area contributed by atoms with E-state index in [-0.39, 0.29) is 0 Å². The molecule has 50 heavy (non-hydrogen) atoms. The van der Waals surface area contributed by atoms with E-state index in [4.69, 9.17) is 19.2 Å². The molecule has 1 fully saturated rings. The molecule has 0 radical (unpaired) electrons. The molecule has 2 aliphatic rings. The molecule has 1 aliphatic heterocycles. The summed E-state index contributed by atoms with van der Waals surface area (Å²) in [6.07, 6.45) is 14.5. The molecule has 2 heterocycles. The first-order chi connectivity index (χ1) is 24.2. The largest absolute Gasteiger partial charge is 0.514 e. The van der Waals surface area contributed by atoms with Crippen LogP contribution in [-0.2, 0) is 17.7 Å². The number of allylic oxidation sites excluding steroid dienone is 2. The predicted octanol–water partition coefficient (Wildman–Crippen LogP) is 8.99. The molecule has 3 aromatic carbocycles. The van der Waals surface area contributed by atoms with E-state index in [1.54, 1.807) is 6.07 Å². The van der Waals surface area contributed by atoms with Gasteiger partial charge in [-0.1, -0.05) is 86.2 Å². The minimum absolute atomic E-state index is 0.444. The molecule has 1 aromatic heterocycles. The number of aryl methyl sites for hydroxylation is 2. The highest BCUT2D eigenvalue weighted by Gasteiger charge is 2.30. The Hall–Kier alpha value is -4.40. The third kappa shape index (κ3) is 8.66. The standard InChI is InChI=1S/C42H52N4O4/c1-6-7-19-38-44-39-30(2)20-25-37(48-27-14-8-13-26-45-29-43-34-16-10-11-17-35(34)45)40(39)46(38)28-31-21-23-32(24-22-31)33-15-9-12-18-36(33)49-41(47)50-42(3,4)5/h9-12,15-18,20-25,34-35,43H,6-8,13-14,19,26-29H2,1-5H3. The summed E-state index contributed by atoms with van der Waals surface area (Å²) in [7, 11) is 0. The average molecular weight is 677 g/mol. The Bertz CT molecular complexity index is 1820. The van der Waals surface area contributed by atoms with Gasteiger partial charge in [0, 0.05) is 43.8 Å². The van der Waals surface area contributed by atoms with Crippen LogP contribution in [0.3, 0.4) is 0 Å². The minimum atomic E-state index is -0.714. The highest BCUT2D eigenvalue weighted by Crippen LogP contribution is 2.33. The molecule has 8 heteroatoms. The molecule has 0 bridgehead atoms. The second-order valence-electron chi connectivity index (χ2n) is 14.4. The lowest BCUT2D eigenvalue weighted by molar-refractivity contribution is 0.0207. The Balaban J connectivity index is 1.15. The van der Waals surface area contributed by atoms with E-state index >= 15 is 0 Å². The summed E-state index contributed by atoms with van der Waals surface area (Å²) in [5.74, 6) is 2.46. The van der Waals surface area contributed by atoms with Crippen LogP contribution in [0.5, 0.6) is 11.5 Å². The summed E-state index contributed by atoms with van der Waals surface area (Å²) in [4.78, 5) is 20.2. The first-order valence-electron chi connectivity index (χ1n) is 18.2. The SMILES string of the molecule is CCCCc1nc2c(C)ccc(OCCCCCN3CNC4C=CC=CC43)c2n1Cc1ccc(-c2ccccc2OC(=O)OC(C)(C)C)cc1. The van der Waals surface area contributed by atoms with E-state index in [0.717, 1.165) is 96.6 Å². The summed E-state index contributed by atoms with van der Waals surface area (Å²) in [6.45, 7) is 13.2. The second kappa shape index (κ2) is 16.1.